The van der Waals surface area contributed by atoms with Crippen LogP contribution in [0.2, 0.25) is 0 Å². The summed E-state index contributed by atoms with van der Waals surface area (Å²) in [7, 11) is 0. The summed E-state index contributed by atoms with van der Waals surface area (Å²) in [6.07, 6.45) is 2.17. The van der Waals surface area contributed by atoms with Gasteiger partial charge in [0.15, 0.2) is 0 Å². The third-order valence-corrected chi connectivity index (χ3v) is 3.23. The molecule has 0 radical (unpaired) electrons. The molecule has 1 aromatic carbocycles. The number of benzene rings is 1. The van der Waals surface area contributed by atoms with E-state index in [0.717, 1.165) is 17.1 Å². The Morgan fingerprint density at radius 1 is 1.29 bits per heavy atom. The molecular formula is C12H18OS. The molecule has 0 fully saturated rings. The Morgan fingerprint density at radius 3 is 2.64 bits per heavy atom. The Labute approximate surface area is 90.5 Å². The fraction of sp³-hybridized carbons (Fsp3) is 0.500. The number of aliphatic hydroxyl groups excluding tert-OH is 1. The van der Waals surface area contributed by atoms with Crippen LogP contribution in [0.1, 0.15) is 31.4 Å². The minimum atomic E-state index is -0.307. The van der Waals surface area contributed by atoms with Crippen LogP contribution in [0, 0.1) is 0 Å². The van der Waals surface area contributed by atoms with Crippen LogP contribution in [-0.4, -0.2) is 16.6 Å². The van der Waals surface area contributed by atoms with Gasteiger partial charge in [0.2, 0.25) is 0 Å². The average molecular weight is 210 g/mol. The number of unbranched alkanes of at least 4 members (excludes halogenated alkanes) is 1. The highest BCUT2D eigenvalue weighted by Crippen LogP contribution is 2.18. The van der Waals surface area contributed by atoms with Gasteiger partial charge >= 0.3 is 0 Å². The van der Waals surface area contributed by atoms with E-state index < -0.39 is 0 Å². The Morgan fingerprint density at radius 2 is 2.00 bits per heavy atom. The lowest BCUT2D eigenvalue weighted by Gasteiger charge is -2.09. The molecule has 0 saturated heterocycles. The van der Waals surface area contributed by atoms with Gasteiger partial charge in [-0.1, -0.05) is 43.7 Å². The first-order valence-corrected chi connectivity index (χ1v) is 6.30. The van der Waals surface area contributed by atoms with Crippen LogP contribution in [0.15, 0.2) is 30.3 Å². The maximum Gasteiger partial charge on any atom is 0.0880 e. The first-order valence-electron chi connectivity index (χ1n) is 5.15. The quantitative estimate of drug-likeness (QED) is 0.727. The molecule has 0 saturated carbocycles. The van der Waals surface area contributed by atoms with Crippen molar-refractivity contribution in [1.29, 1.82) is 0 Å². The third kappa shape index (κ3) is 4.16. The first kappa shape index (κ1) is 11.6. The molecule has 1 atom stereocenters. The summed E-state index contributed by atoms with van der Waals surface area (Å²) < 4.78 is 0. The average Bonchev–Trinajstić information content (AvgIpc) is 2.25. The van der Waals surface area contributed by atoms with Gasteiger partial charge in [-0.25, -0.2) is 0 Å². The number of thioether (sulfide) groups is 1. The maximum atomic E-state index is 9.80. The second-order valence-electron chi connectivity index (χ2n) is 3.35. The molecule has 1 nitrogen and oxygen atoms in total. The Balaban J connectivity index is 2.25. The summed E-state index contributed by atoms with van der Waals surface area (Å²) in [6.45, 7) is 2.19. The summed E-state index contributed by atoms with van der Waals surface area (Å²) in [4.78, 5) is 0. The molecule has 14 heavy (non-hydrogen) atoms. The predicted octanol–water partition coefficient (Wildman–Crippen LogP) is 3.25. The highest BCUT2D eigenvalue weighted by atomic mass is 32.2. The van der Waals surface area contributed by atoms with Gasteiger partial charge in [0.25, 0.3) is 0 Å². The molecular weight excluding hydrogens is 192 g/mol. The Kier molecular flexibility index (Phi) is 5.72. The fourth-order valence-electron chi connectivity index (χ4n) is 1.21. The number of rotatable bonds is 6. The molecule has 0 aliphatic carbocycles. The normalized spacial score (nSPS) is 12.7. The monoisotopic (exact) mass is 210 g/mol. The molecule has 1 rings (SSSR count). The second-order valence-corrected chi connectivity index (χ2v) is 4.50. The molecule has 1 aromatic rings. The van der Waals surface area contributed by atoms with E-state index in [2.05, 4.69) is 6.92 Å². The van der Waals surface area contributed by atoms with E-state index in [1.807, 2.05) is 42.1 Å². The molecule has 0 aromatic heterocycles. The molecule has 78 valence electrons. The van der Waals surface area contributed by atoms with Crippen LogP contribution < -0.4 is 0 Å². The van der Waals surface area contributed by atoms with E-state index in [1.165, 1.54) is 12.8 Å². The lowest BCUT2D eigenvalue weighted by molar-refractivity contribution is 0.204. The molecule has 0 bridgehead atoms. The van der Waals surface area contributed by atoms with Crippen LogP contribution in [0.5, 0.6) is 0 Å². The van der Waals surface area contributed by atoms with Gasteiger partial charge in [-0.2, -0.15) is 11.8 Å². The minimum Gasteiger partial charge on any atom is -0.388 e. The van der Waals surface area contributed by atoms with Crippen molar-refractivity contribution in [2.45, 2.75) is 25.9 Å². The maximum absolute atomic E-state index is 9.80. The molecule has 0 spiro atoms. The zero-order valence-corrected chi connectivity index (χ0v) is 9.46. The highest BCUT2D eigenvalue weighted by molar-refractivity contribution is 7.99. The predicted molar refractivity (Wildman–Crippen MR) is 63.6 cm³/mol. The Hall–Kier alpha value is -0.470. The van der Waals surface area contributed by atoms with Crippen LogP contribution in [0.25, 0.3) is 0 Å². The molecule has 0 unspecified atom stereocenters. The van der Waals surface area contributed by atoms with Crippen molar-refractivity contribution in [3.05, 3.63) is 35.9 Å². The lowest BCUT2D eigenvalue weighted by atomic mass is 10.1. The van der Waals surface area contributed by atoms with E-state index in [0.29, 0.717) is 0 Å². The topological polar surface area (TPSA) is 20.2 Å². The van der Waals surface area contributed by atoms with Crippen molar-refractivity contribution in [3.63, 3.8) is 0 Å². The van der Waals surface area contributed by atoms with Crippen LogP contribution in [-0.2, 0) is 0 Å². The van der Waals surface area contributed by atoms with E-state index in [9.17, 15) is 5.11 Å². The first-order chi connectivity index (χ1) is 6.84. The minimum absolute atomic E-state index is 0.307. The lowest BCUT2D eigenvalue weighted by Crippen LogP contribution is -2.00. The molecule has 0 aliphatic heterocycles. The molecule has 1 N–H and O–H groups in total. The van der Waals surface area contributed by atoms with Gasteiger partial charge in [-0.15, -0.1) is 0 Å². The summed E-state index contributed by atoms with van der Waals surface area (Å²) in [5.74, 6) is 1.96. The van der Waals surface area contributed by atoms with Crippen molar-refractivity contribution in [2.24, 2.45) is 0 Å². The van der Waals surface area contributed by atoms with Crippen molar-refractivity contribution in [1.82, 2.24) is 0 Å². The van der Waals surface area contributed by atoms with Gasteiger partial charge in [0, 0.05) is 5.75 Å². The Bertz CT molecular complexity index is 235. The van der Waals surface area contributed by atoms with Crippen LogP contribution in [0.4, 0.5) is 0 Å². The van der Waals surface area contributed by atoms with Gasteiger partial charge in [-0.3, -0.25) is 0 Å². The van der Waals surface area contributed by atoms with E-state index in [1.54, 1.807) is 0 Å². The van der Waals surface area contributed by atoms with Gasteiger partial charge < -0.3 is 5.11 Å². The SMILES string of the molecule is CCCCSC[C@H](O)c1ccccc1. The summed E-state index contributed by atoms with van der Waals surface area (Å²) in [5.41, 5.74) is 1.02. The van der Waals surface area contributed by atoms with Gasteiger partial charge in [0.05, 0.1) is 6.10 Å². The summed E-state index contributed by atoms with van der Waals surface area (Å²) in [5, 5.41) is 9.80. The molecule has 0 aliphatic rings. The smallest absolute Gasteiger partial charge is 0.0880 e. The number of hydrogen-bond donors (Lipinski definition) is 1. The molecule has 2 heteroatoms. The third-order valence-electron chi connectivity index (χ3n) is 2.10. The second kappa shape index (κ2) is 6.91. The zero-order chi connectivity index (χ0) is 10.2. The largest absolute Gasteiger partial charge is 0.388 e. The number of hydrogen-bond acceptors (Lipinski definition) is 2. The number of aliphatic hydroxyl groups is 1. The van der Waals surface area contributed by atoms with Crippen molar-refractivity contribution < 1.29 is 5.11 Å². The van der Waals surface area contributed by atoms with Crippen LogP contribution in [0.3, 0.4) is 0 Å². The van der Waals surface area contributed by atoms with Crippen molar-refractivity contribution in [3.8, 4) is 0 Å². The van der Waals surface area contributed by atoms with E-state index >= 15 is 0 Å². The van der Waals surface area contributed by atoms with Crippen molar-refractivity contribution in [2.75, 3.05) is 11.5 Å². The van der Waals surface area contributed by atoms with E-state index in [4.69, 9.17) is 0 Å². The summed E-state index contributed by atoms with van der Waals surface area (Å²) in [6, 6.07) is 9.86. The molecule has 0 amide bonds. The van der Waals surface area contributed by atoms with Crippen molar-refractivity contribution >= 4 is 11.8 Å². The highest BCUT2D eigenvalue weighted by Gasteiger charge is 2.05. The van der Waals surface area contributed by atoms with Gasteiger partial charge in [0.1, 0.15) is 0 Å². The van der Waals surface area contributed by atoms with E-state index in [-0.39, 0.29) is 6.10 Å². The van der Waals surface area contributed by atoms with Gasteiger partial charge in [-0.05, 0) is 17.7 Å². The zero-order valence-electron chi connectivity index (χ0n) is 8.65. The fourth-order valence-corrected chi connectivity index (χ4v) is 2.29. The molecule has 0 heterocycles. The standard InChI is InChI=1S/C12H18OS/c1-2-3-9-14-10-12(13)11-7-5-4-6-8-11/h4-8,12-13H,2-3,9-10H2,1H3/t12-/m0/s1. The summed E-state index contributed by atoms with van der Waals surface area (Å²) >= 11 is 1.83. The van der Waals surface area contributed by atoms with Crippen LogP contribution >= 0.6 is 11.8 Å².